The molecule has 37 heavy (non-hydrogen) atoms. The fourth-order valence-electron chi connectivity index (χ4n) is 3.76. The summed E-state index contributed by atoms with van der Waals surface area (Å²) in [7, 11) is -0.388. The second-order valence-electron chi connectivity index (χ2n) is 7.68. The molecule has 0 saturated carbocycles. The number of hydrogen-bond donors (Lipinski definition) is 0. The fraction of sp³-hybridized carbons (Fsp3) is 0.269. The van der Waals surface area contributed by atoms with Gasteiger partial charge in [-0.05, 0) is 42.8 Å². The summed E-state index contributed by atoms with van der Waals surface area (Å²) in [5.41, 5.74) is -0.121. The molecule has 3 rings (SSSR count). The number of carbonyl (C=O) groups is 1. The van der Waals surface area contributed by atoms with Crippen molar-refractivity contribution in [1.29, 1.82) is 0 Å². The molecule has 3 aromatic rings. The summed E-state index contributed by atoms with van der Waals surface area (Å²) in [6, 6.07) is 11.9. The third-order valence-electron chi connectivity index (χ3n) is 5.50. The molecule has 0 N–H and O–H groups in total. The molecule has 0 atom stereocenters. The van der Waals surface area contributed by atoms with E-state index in [1.54, 1.807) is 13.0 Å². The third kappa shape index (κ3) is 5.93. The van der Waals surface area contributed by atoms with Crippen LogP contribution >= 0.6 is 0 Å². The monoisotopic (exact) mass is 535 g/mol. The van der Waals surface area contributed by atoms with Crippen molar-refractivity contribution in [2.45, 2.75) is 18.2 Å². The Hall–Kier alpha value is -3.86. The maximum Gasteiger partial charge on any atom is 0.326 e. The van der Waals surface area contributed by atoms with Crippen molar-refractivity contribution < 1.29 is 40.9 Å². The first-order valence-corrected chi connectivity index (χ1v) is 12.6. The van der Waals surface area contributed by atoms with Crippen LogP contribution in [0.3, 0.4) is 0 Å². The Labute approximate surface area is 214 Å². The number of para-hydroxylation sites is 1. The Morgan fingerprint density at radius 3 is 2.08 bits per heavy atom. The highest BCUT2D eigenvalue weighted by Crippen LogP contribution is 2.39. The minimum atomic E-state index is -4.46. The van der Waals surface area contributed by atoms with Crippen molar-refractivity contribution in [2.75, 3.05) is 38.8 Å². The molecule has 3 aromatic carbocycles. The molecule has 0 heterocycles. The van der Waals surface area contributed by atoms with Crippen LogP contribution in [0, 0.1) is 11.6 Å². The molecule has 0 aliphatic rings. The van der Waals surface area contributed by atoms with Gasteiger partial charge in [-0.2, -0.15) is 0 Å². The van der Waals surface area contributed by atoms with Crippen LogP contribution in [0.25, 0.3) is 0 Å². The largest absolute Gasteiger partial charge is 0.495 e. The maximum absolute atomic E-state index is 14.5. The van der Waals surface area contributed by atoms with Crippen molar-refractivity contribution >= 4 is 21.7 Å². The molecule has 0 aliphatic heterocycles. The zero-order valence-corrected chi connectivity index (χ0v) is 21.6. The van der Waals surface area contributed by atoms with E-state index in [0.717, 1.165) is 16.4 Å². The molecule has 0 bridgehead atoms. The van der Waals surface area contributed by atoms with Gasteiger partial charge in [-0.15, -0.1) is 0 Å². The van der Waals surface area contributed by atoms with Gasteiger partial charge in [0.05, 0.1) is 38.5 Å². The number of hydrogen-bond acceptors (Lipinski definition) is 7. The van der Waals surface area contributed by atoms with Crippen molar-refractivity contribution in [3.63, 3.8) is 0 Å². The van der Waals surface area contributed by atoms with Crippen LogP contribution in [0.1, 0.15) is 18.1 Å². The second-order valence-corrected chi connectivity index (χ2v) is 9.54. The van der Waals surface area contributed by atoms with Gasteiger partial charge < -0.3 is 18.9 Å². The van der Waals surface area contributed by atoms with Gasteiger partial charge in [-0.1, -0.05) is 18.2 Å². The molecule has 0 aliphatic carbocycles. The molecule has 0 fully saturated rings. The highest BCUT2D eigenvalue weighted by molar-refractivity contribution is 7.92. The topological polar surface area (TPSA) is 91.4 Å². The Bertz CT molecular complexity index is 1360. The van der Waals surface area contributed by atoms with E-state index in [-0.39, 0.29) is 46.2 Å². The standard InChI is InChI=1S/C26H27F2NO7S/c1-5-36-25(30)16-29(37(31,32)18-12-13-22(33-2)24(15-18)35-4)26-17(8-6-11-23(26)34-3)14-19-20(27)9-7-10-21(19)28/h6-13,15H,5,14,16H2,1-4H3. The third-order valence-corrected chi connectivity index (χ3v) is 7.24. The van der Waals surface area contributed by atoms with Crippen LogP contribution in [0.15, 0.2) is 59.5 Å². The van der Waals surface area contributed by atoms with Crippen LogP contribution in [0.4, 0.5) is 14.5 Å². The molecule has 11 heteroatoms. The van der Waals surface area contributed by atoms with Crippen LogP contribution < -0.4 is 18.5 Å². The highest BCUT2D eigenvalue weighted by Gasteiger charge is 2.33. The van der Waals surface area contributed by atoms with Gasteiger partial charge >= 0.3 is 5.97 Å². The summed E-state index contributed by atoms with van der Waals surface area (Å²) >= 11 is 0. The lowest BCUT2D eigenvalue weighted by molar-refractivity contribution is -0.141. The molecule has 0 spiro atoms. The molecular formula is C26H27F2NO7S. The predicted molar refractivity (Wildman–Crippen MR) is 133 cm³/mol. The van der Waals surface area contributed by atoms with Crippen molar-refractivity contribution in [3.8, 4) is 17.2 Å². The van der Waals surface area contributed by atoms with E-state index in [4.69, 9.17) is 18.9 Å². The quantitative estimate of drug-likeness (QED) is 0.338. The fourth-order valence-corrected chi connectivity index (χ4v) is 5.24. The van der Waals surface area contributed by atoms with Gasteiger partial charge in [0.2, 0.25) is 0 Å². The number of nitrogens with zero attached hydrogens (tertiary/aromatic N) is 1. The first kappa shape index (κ1) is 27.7. The summed E-state index contributed by atoms with van der Waals surface area (Å²) in [5.74, 6) is -1.91. The zero-order chi connectivity index (χ0) is 27.2. The number of carbonyl (C=O) groups excluding carboxylic acids is 1. The number of ether oxygens (including phenoxy) is 4. The van der Waals surface area contributed by atoms with Gasteiger partial charge in [0.15, 0.2) is 11.5 Å². The predicted octanol–water partition coefficient (Wildman–Crippen LogP) is 4.34. The Morgan fingerprint density at radius 2 is 1.49 bits per heavy atom. The van der Waals surface area contributed by atoms with E-state index in [2.05, 4.69) is 0 Å². The van der Waals surface area contributed by atoms with Gasteiger partial charge in [0.25, 0.3) is 10.0 Å². The van der Waals surface area contributed by atoms with E-state index >= 15 is 0 Å². The van der Waals surface area contributed by atoms with Gasteiger partial charge in [-0.3, -0.25) is 9.10 Å². The van der Waals surface area contributed by atoms with E-state index in [1.165, 1.54) is 57.7 Å². The molecule has 0 radical (unpaired) electrons. The summed E-state index contributed by atoms with van der Waals surface area (Å²) in [4.78, 5) is 12.4. The number of sulfonamides is 1. The van der Waals surface area contributed by atoms with Crippen molar-refractivity contribution in [2.24, 2.45) is 0 Å². The Kier molecular flexibility index (Phi) is 8.93. The highest BCUT2D eigenvalue weighted by atomic mass is 32.2. The summed E-state index contributed by atoms with van der Waals surface area (Å²) in [5, 5.41) is 0. The van der Waals surface area contributed by atoms with E-state index in [1.807, 2.05) is 0 Å². The number of benzene rings is 3. The molecule has 0 aromatic heterocycles. The lowest BCUT2D eigenvalue weighted by Crippen LogP contribution is -2.37. The smallest absolute Gasteiger partial charge is 0.326 e. The van der Waals surface area contributed by atoms with Gasteiger partial charge in [0, 0.05) is 18.1 Å². The molecule has 0 saturated heterocycles. The minimum absolute atomic E-state index is 0.0162. The summed E-state index contributed by atoms with van der Waals surface area (Å²) < 4.78 is 78.6. The lowest BCUT2D eigenvalue weighted by atomic mass is 10.0. The SMILES string of the molecule is CCOC(=O)CN(c1c(Cc2c(F)cccc2F)cccc1OC)S(=O)(=O)c1ccc(OC)c(OC)c1. The van der Waals surface area contributed by atoms with Crippen LogP contribution in [0.5, 0.6) is 17.2 Å². The summed E-state index contributed by atoms with van der Waals surface area (Å²) in [6.07, 6.45) is -0.314. The van der Waals surface area contributed by atoms with Crippen LogP contribution in [-0.2, 0) is 26.0 Å². The first-order chi connectivity index (χ1) is 17.7. The lowest BCUT2D eigenvalue weighted by Gasteiger charge is -2.28. The molecule has 198 valence electrons. The average molecular weight is 536 g/mol. The second kappa shape index (κ2) is 11.9. The average Bonchev–Trinajstić information content (AvgIpc) is 2.89. The van der Waals surface area contributed by atoms with Crippen LogP contribution in [-0.4, -0.2) is 48.9 Å². The summed E-state index contributed by atoms with van der Waals surface area (Å²) in [6.45, 7) is 0.876. The number of esters is 1. The van der Waals surface area contributed by atoms with E-state index in [9.17, 15) is 22.0 Å². The first-order valence-electron chi connectivity index (χ1n) is 11.2. The Balaban J connectivity index is 2.25. The van der Waals surface area contributed by atoms with Crippen molar-refractivity contribution in [1.82, 2.24) is 0 Å². The molecular weight excluding hydrogens is 508 g/mol. The maximum atomic E-state index is 14.5. The minimum Gasteiger partial charge on any atom is -0.495 e. The normalized spacial score (nSPS) is 11.1. The van der Waals surface area contributed by atoms with E-state index < -0.39 is 34.2 Å². The molecule has 0 unspecified atom stereocenters. The number of halogens is 2. The van der Waals surface area contributed by atoms with E-state index in [0.29, 0.717) is 5.75 Å². The number of methoxy groups -OCH3 is 3. The molecule has 0 amide bonds. The number of anilines is 1. The van der Waals surface area contributed by atoms with Crippen molar-refractivity contribution in [3.05, 3.63) is 77.4 Å². The van der Waals surface area contributed by atoms with Crippen LogP contribution in [0.2, 0.25) is 0 Å². The van der Waals surface area contributed by atoms with Gasteiger partial charge in [-0.25, -0.2) is 17.2 Å². The number of rotatable bonds is 11. The van der Waals surface area contributed by atoms with Gasteiger partial charge in [0.1, 0.15) is 23.9 Å². The Morgan fingerprint density at radius 1 is 0.865 bits per heavy atom. The zero-order valence-electron chi connectivity index (χ0n) is 20.8. The molecule has 8 nitrogen and oxygen atoms in total.